The Morgan fingerprint density at radius 2 is 1.57 bits per heavy atom. The number of para-hydroxylation sites is 1. The predicted octanol–water partition coefficient (Wildman–Crippen LogP) is 5.24. The molecule has 1 amide bonds. The summed E-state index contributed by atoms with van der Waals surface area (Å²) in [5.41, 5.74) is 6.51. The summed E-state index contributed by atoms with van der Waals surface area (Å²) >= 11 is 0. The van der Waals surface area contributed by atoms with Crippen LogP contribution < -0.4 is 15.4 Å². The maximum Gasteiger partial charge on any atom is 0.262 e. The number of hydrogen-bond donors (Lipinski definition) is 2. The lowest BCUT2D eigenvalue weighted by Gasteiger charge is -2.13. The first-order chi connectivity index (χ1) is 13.5. The topological polar surface area (TPSA) is 50.4 Å². The van der Waals surface area contributed by atoms with Crippen LogP contribution in [-0.2, 0) is 11.3 Å². The fourth-order valence-corrected chi connectivity index (χ4v) is 2.82. The number of amides is 1. The maximum atomic E-state index is 12.2. The Labute approximate surface area is 166 Å². The number of nitrogens with one attached hydrogen (secondary N) is 2. The number of hydrogen-bond acceptors (Lipinski definition) is 3. The number of ether oxygens (including phenoxy) is 1. The molecule has 3 aromatic rings. The summed E-state index contributed by atoms with van der Waals surface area (Å²) in [7, 11) is 0. The Morgan fingerprint density at radius 3 is 2.32 bits per heavy atom. The van der Waals surface area contributed by atoms with Gasteiger partial charge in [-0.15, -0.1) is 0 Å². The van der Waals surface area contributed by atoms with Gasteiger partial charge in [0.05, 0.1) is 0 Å². The van der Waals surface area contributed by atoms with Gasteiger partial charge in [0.15, 0.2) is 6.61 Å². The van der Waals surface area contributed by atoms with Gasteiger partial charge in [0.25, 0.3) is 5.91 Å². The predicted molar refractivity (Wildman–Crippen MR) is 115 cm³/mol. The van der Waals surface area contributed by atoms with Crippen LogP contribution in [0.3, 0.4) is 0 Å². The van der Waals surface area contributed by atoms with Gasteiger partial charge in [-0.1, -0.05) is 42.0 Å². The van der Waals surface area contributed by atoms with Gasteiger partial charge >= 0.3 is 0 Å². The minimum absolute atomic E-state index is 0.0332. The average Bonchev–Trinajstić information content (AvgIpc) is 2.69. The van der Waals surface area contributed by atoms with E-state index in [1.807, 2.05) is 55.5 Å². The number of rotatable bonds is 7. The Hall–Kier alpha value is -3.27. The smallest absolute Gasteiger partial charge is 0.262 e. The van der Waals surface area contributed by atoms with Crippen LogP contribution in [0.1, 0.15) is 22.3 Å². The molecule has 0 saturated carbocycles. The van der Waals surface area contributed by atoms with Gasteiger partial charge in [0.1, 0.15) is 5.75 Å². The minimum Gasteiger partial charge on any atom is -0.483 e. The third-order valence-corrected chi connectivity index (χ3v) is 4.66. The van der Waals surface area contributed by atoms with Crippen LogP contribution in [-0.4, -0.2) is 12.5 Å². The van der Waals surface area contributed by atoms with Crippen molar-refractivity contribution in [2.75, 3.05) is 17.2 Å². The highest BCUT2D eigenvalue weighted by Crippen LogP contribution is 2.21. The van der Waals surface area contributed by atoms with E-state index in [0.29, 0.717) is 12.3 Å². The van der Waals surface area contributed by atoms with Crippen molar-refractivity contribution < 1.29 is 9.53 Å². The Bertz CT molecular complexity index is 949. The van der Waals surface area contributed by atoms with Gasteiger partial charge in [0, 0.05) is 23.5 Å². The molecule has 0 aromatic heterocycles. The van der Waals surface area contributed by atoms with E-state index in [1.165, 1.54) is 11.1 Å². The Morgan fingerprint density at radius 1 is 0.857 bits per heavy atom. The zero-order chi connectivity index (χ0) is 19.9. The molecule has 4 nitrogen and oxygen atoms in total. The molecule has 0 atom stereocenters. The van der Waals surface area contributed by atoms with Crippen LogP contribution in [0.2, 0.25) is 0 Å². The molecular formula is C24H26N2O2. The van der Waals surface area contributed by atoms with E-state index in [9.17, 15) is 4.79 Å². The van der Waals surface area contributed by atoms with Crippen LogP contribution in [0.15, 0.2) is 66.7 Å². The standard InChI is InChI=1S/C24H26N2O2/c1-17-8-11-21(12-9-17)26-24(27)16-28-23-7-5-4-6-20(23)15-25-22-13-10-18(2)19(3)14-22/h4-14,25H,15-16H2,1-3H3,(H,26,27). The van der Waals surface area contributed by atoms with Crippen molar-refractivity contribution in [3.05, 3.63) is 89.0 Å². The van der Waals surface area contributed by atoms with Gasteiger partial charge < -0.3 is 15.4 Å². The second-order valence-electron chi connectivity index (χ2n) is 6.96. The van der Waals surface area contributed by atoms with Crippen LogP contribution >= 0.6 is 0 Å². The molecule has 0 spiro atoms. The van der Waals surface area contributed by atoms with Crippen LogP contribution in [0.5, 0.6) is 5.75 Å². The van der Waals surface area contributed by atoms with Gasteiger partial charge in [-0.05, 0) is 62.2 Å². The molecule has 3 rings (SSSR count). The lowest BCUT2D eigenvalue weighted by Crippen LogP contribution is -2.20. The van der Waals surface area contributed by atoms with Crippen LogP contribution in [0, 0.1) is 20.8 Å². The summed E-state index contributed by atoms with van der Waals surface area (Å²) in [6.45, 7) is 6.80. The Kier molecular flexibility index (Phi) is 6.33. The molecular weight excluding hydrogens is 348 g/mol. The number of anilines is 2. The zero-order valence-electron chi connectivity index (χ0n) is 16.6. The highest BCUT2D eigenvalue weighted by Gasteiger charge is 2.07. The molecule has 0 bridgehead atoms. The molecule has 0 aliphatic rings. The van der Waals surface area contributed by atoms with E-state index in [4.69, 9.17) is 4.74 Å². The fourth-order valence-electron chi connectivity index (χ4n) is 2.82. The van der Waals surface area contributed by atoms with E-state index in [1.54, 1.807) is 0 Å². The number of carbonyl (C=O) groups is 1. The molecule has 0 saturated heterocycles. The minimum atomic E-state index is -0.180. The van der Waals surface area contributed by atoms with Gasteiger partial charge in [0.2, 0.25) is 0 Å². The summed E-state index contributed by atoms with van der Waals surface area (Å²) in [4.78, 5) is 12.2. The van der Waals surface area contributed by atoms with E-state index in [0.717, 1.165) is 22.5 Å². The lowest BCUT2D eigenvalue weighted by molar-refractivity contribution is -0.118. The molecule has 0 heterocycles. The monoisotopic (exact) mass is 374 g/mol. The fraction of sp³-hybridized carbons (Fsp3) is 0.208. The third-order valence-electron chi connectivity index (χ3n) is 4.66. The third kappa shape index (κ3) is 5.36. The quantitative estimate of drug-likeness (QED) is 0.594. The molecule has 0 aliphatic heterocycles. The number of benzene rings is 3. The first kappa shape index (κ1) is 19.5. The molecule has 28 heavy (non-hydrogen) atoms. The summed E-state index contributed by atoms with van der Waals surface area (Å²) in [6.07, 6.45) is 0. The zero-order valence-corrected chi connectivity index (χ0v) is 16.6. The molecule has 4 heteroatoms. The van der Waals surface area contributed by atoms with Crippen molar-refractivity contribution in [2.24, 2.45) is 0 Å². The van der Waals surface area contributed by atoms with Crippen LogP contribution in [0.4, 0.5) is 11.4 Å². The first-order valence-electron chi connectivity index (χ1n) is 9.39. The van der Waals surface area contributed by atoms with Crippen molar-refractivity contribution in [2.45, 2.75) is 27.3 Å². The summed E-state index contributed by atoms with van der Waals surface area (Å²) in [6, 6.07) is 21.8. The second-order valence-corrected chi connectivity index (χ2v) is 6.96. The van der Waals surface area contributed by atoms with E-state index >= 15 is 0 Å². The van der Waals surface area contributed by atoms with Crippen LogP contribution in [0.25, 0.3) is 0 Å². The van der Waals surface area contributed by atoms with Crippen molar-refractivity contribution in [3.63, 3.8) is 0 Å². The van der Waals surface area contributed by atoms with E-state index in [-0.39, 0.29) is 12.5 Å². The lowest BCUT2D eigenvalue weighted by atomic mass is 10.1. The molecule has 3 aromatic carbocycles. The largest absolute Gasteiger partial charge is 0.483 e. The SMILES string of the molecule is Cc1ccc(NC(=O)COc2ccccc2CNc2ccc(C)c(C)c2)cc1. The van der Waals surface area contributed by atoms with Gasteiger partial charge in [-0.25, -0.2) is 0 Å². The first-order valence-corrected chi connectivity index (χ1v) is 9.39. The molecule has 0 unspecified atom stereocenters. The highest BCUT2D eigenvalue weighted by molar-refractivity contribution is 5.91. The average molecular weight is 374 g/mol. The summed E-state index contributed by atoms with van der Waals surface area (Å²) in [5, 5.41) is 6.27. The maximum absolute atomic E-state index is 12.2. The van der Waals surface area contributed by atoms with Gasteiger partial charge in [-0.3, -0.25) is 4.79 Å². The Balaban J connectivity index is 1.57. The van der Waals surface area contributed by atoms with Crippen molar-refractivity contribution in [1.29, 1.82) is 0 Å². The van der Waals surface area contributed by atoms with E-state index < -0.39 is 0 Å². The normalized spacial score (nSPS) is 10.4. The van der Waals surface area contributed by atoms with E-state index in [2.05, 4.69) is 42.7 Å². The van der Waals surface area contributed by atoms with Gasteiger partial charge in [-0.2, -0.15) is 0 Å². The molecule has 2 N–H and O–H groups in total. The van der Waals surface area contributed by atoms with Crippen molar-refractivity contribution in [1.82, 2.24) is 0 Å². The molecule has 144 valence electrons. The number of carbonyl (C=O) groups excluding carboxylic acids is 1. The summed E-state index contributed by atoms with van der Waals surface area (Å²) < 4.78 is 5.77. The van der Waals surface area contributed by atoms with Crippen molar-refractivity contribution >= 4 is 17.3 Å². The number of aryl methyl sites for hydroxylation is 3. The molecule has 0 fully saturated rings. The molecule has 0 aliphatic carbocycles. The summed E-state index contributed by atoms with van der Waals surface area (Å²) in [5.74, 6) is 0.527. The molecule has 0 radical (unpaired) electrons. The second kappa shape index (κ2) is 9.09. The highest BCUT2D eigenvalue weighted by atomic mass is 16.5. The van der Waals surface area contributed by atoms with Crippen molar-refractivity contribution in [3.8, 4) is 5.75 Å².